The number of aryl methyl sites for hydroxylation is 7. The first-order valence-electron chi connectivity index (χ1n) is 14.8. The lowest BCUT2D eigenvalue weighted by molar-refractivity contribution is -0.137. The molecule has 5 aromatic rings. The van der Waals surface area contributed by atoms with E-state index in [1.54, 1.807) is 0 Å². The number of aromatic nitrogens is 4. The third-order valence-electron chi connectivity index (χ3n) is 8.23. The van der Waals surface area contributed by atoms with Crippen molar-refractivity contribution in [1.82, 2.24) is 19.3 Å². The normalized spacial score (nSPS) is 11.4. The van der Waals surface area contributed by atoms with E-state index in [-0.39, 0.29) is 6.42 Å². The Morgan fingerprint density at radius 1 is 0.953 bits per heavy atom. The van der Waals surface area contributed by atoms with Crippen LogP contribution in [-0.2, 0) is 30.7 Å². The maximum absolute atomic E-state index is 11.6. The molecule has 0 aliphatic carbocycles. The molecule has 224 valence electrons. The molecule has 0 saturated heterocycles. The number of carboxylic acid groups (broad SMARTS) is 1. The molecule has 0 bridgehead atoms. The number of halogens is 1. The van der Waals surface area contributed by atoms with E-state index in [1.807, 2.05) is 57.3 Å². The highest BCUT2D eigenvalue weighted by Gasteiger charge is 2.22. The molecular formula is C35H39ClN4O3. The number of hydrogen-bond acceptors (Lipinski definition) is 4. The van der Waals surface area contributed by atoms with Crippen LogP contribution in [0.15, 0.2) is 54.7 Å². The van der Waals surface area contributed by atoms with E-state index in [0.717, 1.165) is 92.5 Å². The van der Waals surface area contributed by atoms with Crippen LogP contribution in [0.4, 0.5) is 0 Å². The van der Waals surface area contributed by atoms with Gasteiger partial charge in [-0.1, -0.05) is 35.9 Å². The first-order chi connectivity index (χ1) is 20.7. The average molecular weight is 599 g/mol. The van der Waals surface area contributed by atoms with Crippen molar-refractivity contribution in [2.75, 3.05) is 6.61 Å². The lowest BCUT2D eigenvalue weighted by Crippen LogP contribution is -2.07. The van der Waals surface area contributed by atoms with Crippen molar-refractivity contribution in [2.24, 2.45) is 0 Å². The van der Waals surface area contributed by atoms with E-state index in [4.69, 9.17) is 21.4 Å². The molecule has 7 nitrogen and oxygen atoms in total. The molecule has 3 aromatic heterocycles. The highest BCUT2D eigenvalue weighted by atomic mass is 35.5. The molecule has 0 amide bonds. The summed E-state index contributed by atoms with van der Waals surface area (Å²) in [6.07, 6.45) is 4.31. The van der Waals surface area contributed by atoms with Gasteiger partial charge in [0.15, 0.2) is 0 Å². The summed E-state index contributed by atoms with van der Waals surface area (Å²) in [6.45, 7) is 12.0. The Kier molecular flexibility index (Phi) is 9.21. The molecule has 5 rings (SSSR count). The van der Waals surface area contributed by atoms with Crippen LogP contribution in [0, 0.1) is 34.6 Å². The van der Waals surface area contributed by atoms with Crippen molar-refractivity contribution < 1.29 is 14.6 Å². The van der Waals surface area contributed by atoms with Gasteiger partial charge in [-0.05, 0) is 88.4 Å². The van der Waals surface area contributed by atoms with Crippen molar-refractivity contribution >= 4 is 28.5 Å². The van der Waals surface area contributed by atoms with E-state index in [1.165, 1.54) is 5.56 Å². The van der Waals surface area contributed by atoms with Gasteiger partial charge in [-0.15, -0.1) is 0 Å². The Bertz CT molecular complexity index is 1750. The van der Waals surface area contributed by atoms with Gasteiger partial charge in [-0.25, -0.2) is 0 Å². The summed E-state index contributed by atoms with van der Waals surface area (Å²) < 4.78 is 10.4. The summed E-state index contributed by atoms with van der Waals surface area (Å²) in [6, 6.07) is 16.3. The van der Waals surface area contributed by atoms with Crippen LogP contribution in [-0.4, -0.2) is 37.0 Å². The van der Waals surface area contributed by atoms with E-state index in [2.05, 4.69) is 46.3 Å². The quantitative estimate of drug-likeness (QED) is 0.148. The number of hydrogen-bond donors (Lipinski definition) is 1. The molecule has 0 aliphatic heterocycles. The topological polar surface area (TPSA) is 82.2 Å². The SMILES string of the molecule is Cc1cc(OCCCc2c(C)n(CCC(=O)O)c3c(-c4c(C)nn(CCc5ccccn5)c4C)cccc23)cc(C)c1Cl. The summed E-state index contributed by atoms with van der Waals surface area (Å²) in [5, 5.41) is 16.4. The maximum Gasteiger partial charge on any atom is 0.305 e. The second-order valence-electron chi connectivity index (χ2n) is 11.2. The molecule has 0 radical (unpaired) electrons. The van der Waals surface area contributed by atoms with Gasteiger partial charge in [0.2, 0.25) is 0 Å². The number of ether oxygens (including phenoxy) is 1. The minimum absolute atomic E-state index is 0.0536. The number of carboxylic acids is 1. The van der Waals surface area contributed by atoms with Gasteiger partial charge in [0.1, 0.15) is 5.75 Å². The van der Waals surface area contributed by atoms with Crippen LogP contribution < -0.4 is 4.74 Å². The number of aliphatic carboxylic acids is 1. The minimum atomic E-state index is -0.808. The highest BCUT2D eigenvalue weighted by Crippen LogP contribution is 2.38. The van der Waals surface area contributed by atoms with Crippen molar-refractivity contribution in [1.29, 1.82) is 0 Å². The van der Waals surface area contributed by atoms with Gasteiger partial charge in [-0.3, -0.25) is 14.5 Å². The summed E-state index contributed by atoms with van der Waals surface area (Å²) in [4.78, 5) is 16.1. The molecular weight excluding hydrogens is 560 g/mol. The van der Waals surface area contributed by atoms with E-state index >= 15 is 0 Å². The summed E-state index contributed by atoms with van der Waals surface area (Å²) in [7, 11) is 0. The zero-order valence-electron chi connectivity index (χ0n) is 25.6. The molecule has 0 aliphatic rings. The van der Waals surface area contributed by atoms with Gasteiger partial charge in [0.05, 0.1) is 24.2 Å². The molecule has 2 aromatic carbocycles. The van der Waals surface area contributed by atoms with Crippen LogP contribution in [0.5, 0.6) is 5.75 Å². The molecule has 43 heavy (non-hydrogen) atoms. The zero-order chi connectivity index (χ0) is 30.7. The number of benzene rings is 2. The Morgan fingerprint density at radius 3 is 2.42 bits per heavy atom. The number of nitrogens with zero attached hydrogens (tertiary/aromatic N) is 4. The molecule has 1 N–H and O–H groups in total. The first kappa shape index (κ1) is 30.4. The Hall–Kier alpha value is -4.10. The van der Waals surface area contributed by atoms with Crippen molar-refractivity contribution in [3.63, 3.8) is 0 Å². The number of rotatable bonds is 12. The van der Waals surface area contributed by atoms with E-state index in [0.29, 0.717) is 13.2 Å². The third kappa shape index (κ3) is 6.47. The Morgan fingerprint density at radius 2 is 1.72 bits per heavy atom. The highest BCUT2D eigenvalue weighted by molar-refractivity contribution is 6.32. The van der Waals surface area contributed by atoms with Crippen LogP contribution in [0.1, 0.15) is 52.3 Å². The zero-order valence-corrected chi connectivity index (χ0v) is 26.3. The fourth-order valence-electron chi connectivity index (χ4n) is 6.11. The molecule has 0 spiro atoms. The number of fused-ring (bicyclic) bond motifs is 1. The molecule has 0 atom stereocenters. The standard InChI is InChI=1S/C35H39ClN4O3/c1-22-20-28(21-23(2)34(22)36)43-19-9-13-29-25(4)39(17-15-32(41)42)35-30(29)11-8-12-31(35)33-24(3)38-40(26(33)5)18-14-27-10-6-7-16-37-27/h6-8,10-12,16,20-21H,9,13-15,17-19H2,1-5H3,(H,41,42). The third-order valence-corrected chi connectivity index (χ3v) is 8.82. The fraction of sp³-hybridized carbons (Fsp3) is 0.343. The Labute approximate surface area is 258 Å². The van der Waals surface area contributed by atoms with Gasteiger partial charge >= 0.3 is 5.97 Å². The van der Waals surface area contributed by atoms with Gasteiger partial charge in [0, 0.05) is 64.3 Å². The van der Waals surface area contributed by atoms with Gasteiger partial charge < -0.3 is 14.4 Å². The number of pyridine rings is 1. The number of para-hydroxylation sites is 1. The summed E-state index contributed by atoms with van der Waals surface area (Å²) in [5.41, 5.74) is 10.7. The Balaban J connectivity index is 1.46. The lowest BCUT2D eigenvalue weighted by atomic mass is 9.98. The smallest absolute Gasteiger partial charge is 0.305 e. The van der Waals surface area contributed by atoms with Gasteiger partial charge in [-0.2, -0.15) is 5.10 Å². The minimum Gasteiger partial charge on any atom is -0.494 e. The average Bonchev–Trinajstić information content (AvgIpc) is 3.42. The second kappa shape index (κ2) is 13.0. The molecule has 8 heteroatoms. The van der Waals surface area contributed by atoms with Crippen molar-refractivity contribution in [3.05, 3.63) is 99.2 Å². The largest absolute Gasteiger partial charge is 0.494 e. The van der Waals surface area contributed by atoms with Crippen molar-refractivity contribution in [2.45, 2.75) is 73.4 Å². The summed E-state index contributed by atoms with van der Waals surface area (Å²) in [5.74, 6) is 0.0187. The van der Waals surface area contributed by atoms with Crippen LogP contribution in [0.2, 0.25) is 5.02 Å². The van der Waals surface area contributed by atoms with Crippen LogP contribution in [0.3, 0.4) is 0 Å². The predicted molar refractivity (Wildman–Crippen MR) is 172 cm³/mol. The maximum atomic E-state index is 11.6. The van der Waals surface area contributed by atoms with E-state index in [9.17, 15) is 9.90 Å². The monoisotopic (exact) mass is 598 g/mol. The second-order valence-corrected chi connectivity index (χ2v) is 11.6. The lowest BCUT2D eigenvalue weighted by Gasteiger charge is -2.12. The molecule has 3 heterocycles. The summed E-state index contributed by atoms with van der Waals surface area (Å²) >= 11 is 6.33. The van der Waals surface area contributed by atoms with Crippen molar-refractivity contribution in [3.8, 4) is 16.9 Å². The van der Waals surface area contributed by atoms with Crippen LogP contribution in [0.25, 0.3) is 22.0 Å². The van der Waals surface area contributed by atoms with Crippen LogP contribution >= 0.6 is 11.6 Å². The number of carbonyl (C=O) groups is 1. The fourth-order valence-corrected chi connectivity index (χ4v) is 6.22. The first-order valence-corrected chi connectivity index (χ1v) is 15.2. The molecule has 0 saturated carbocycles. The molecule has 0 fully saturated rings. The predicted octanol–water partition coefficient (Wildman–Crippen LogP) is 7.82. The van der Waals surface area contributed by atoms with E-state index < -0.39 is 5.97 Å². The molecule has 0 unspecified atom stereocenters. The van der Waals surface area contributed by atoms with Gasteiger partial charge in [0.25, 0.3) is 0 Å².